The quantitative estimate of drug-likeness (QED) is 0.913. The number of benzene rings is 1. The van der Waals surface area contributed by atoms with Gasteiger partial charge in [0.1, 0.15) is 0 Å². The molecule has 2 rings (SSSR count). The normalized spacial score (nSPS) is 20.3. The Morgan fingerprint density at radius 3 is 2.72 bits per heavy atom. The lowest BCUT2D eigenvalue weighted by Gasteiger charge is -2.20. The minimum atomic E-state index is -0.329. The Hall–Kier alpha value is -1.06. The molecule has 0 aromatic heterocycles. The molecule has 1 saturated heterocycles. The van der Waals surface area contributed by atoms with Gasteiger partial charge in [-0.3, -0.25) is 4.79 Å². The maximum Gasteiger partial charge on any atom is 0.239 e. The van der Waals surface area contributed by atoms with E-state index in [1.165, 1.54) is 5.56 Å². The second-order valence-corrected chi connectivity index (χ2v) is 4.70. The number of nitrogens with zero attached hydrogens (tertiary/aromatic N) is 1. The summed E-state index contributed by atoms with van der Waals surface area (Å²) in [6, 6.07) is 10.1. The molecule has 18 heavy (non-hydrogen) atoms. The number of hydrogen-bond donors (Lipinski definition) is 1. The van der Waals surface area contributed by atoms with Crippen LogP contribution < -0.4 is 5.73 Å². The fourth-order valence-corrected chi connectivity index (χ4v) is 2.37. The van der Waals surface area contributed by atoms with E-state index in [-0.39, 0.29) is 24.4 Å². The molecule has 100 valence electrons. The van der Waals surface area contributed by atoms with Gasteiger partial charge >= 0.3 is 0 Å². The summed E-state index contributed by atoms with van der Waals surface area (Å²) < 4.78 is 0. The van der Waals surface area contributed by atoms with E-state index in [1.54, 1.807) is 0 Å². The zero-order valence-corrected chi connectivity index (χ0v) is 11.5. The van der Waals surface area contributed by atoms with Crippen molar-refractivity contribution in [1.29, 1.82) is 0 Å². The predicted octanol–water partition coefficient (Wildman–Crippen LogP) is 2.16. The van der Waals surface area contributed by atoms with Gasteiger partial charge in [0.2, 0.25) is 5.91 Å². The van der Waals surface area contributed by atoms with E-state index in [0.717, 1.165) is 19.5 Å². The Balaban J connectivity index is 0.00000162. The van der Waals surface area contributed by atoms with Crippen LogP contribution in [-0.2, 0) is 4.79 Å². The second kappa shape index (κ2) is 6.76. The largest absolute Gasteiger partial charge is 0.341 e. The molecule has 0 spiro atoms. The first kappa shape index (κ1) is 15.0. The first-order chi connectivity index (χ1) is 8.22. The Morgan fingerprint density at radius 2 is 2.11 bits per heavy atom. The van der Waals surface area contributed by atoms with Crippen molar-refractivity contribution >= 4 is 18.3 Å². The molecule has 1 aromatic carbocycles. The third-order valence-corrected chi connectivity index (χ3v) is 3.53. The summed E-state index contributed by atoms with van der Waals surface area (Å²) in [6.07, 6.45) is 1.76. The lowest BCUT2D eigenvalue weighted by Crippen LogP contribution is -2.42. The average molecular weight is 269 g/mol. The SMILES string of the molecule is CC[C@H](N)C(=O)N1CCC(c2ccccc2)C1.Cl. The highest BCUT2D eigenvalue weighted by atomic mass is 35.5. The number of nitrogens with two attached hydrogens (primary N) is 1. The molecule has 0 aliphatic carbocycles. The Bertz CT molecular complexity index is 383. The van der Waals surface area contributed by atoms with Crippen LogP contribution in [0.25, 0.3) is 0 Å². The lowest BCUT2D eigenvalue weighted by molar-refractivity contribution is -0.131. The van der Waals surface area contributed by atoms with Gasteiger partial charge in [-0.1, -0.05) is 37.3 Å². The van der Waals surface area contributed by atoms with Crippen molar-refractivity contribution in [2.75, 3.05) is 13.1 Å². The lowest BCUT2D eigenvalue weighted by atomic mass is 9.99. The topological polar surface area (TPSA) is 46.3 Å². The minimum Gasteiger partial charge on any atom is -0.341 e. The Labute approximate surface area is 115 Å². The highest BCUT2D eigenvalue weighted by Crippen LogP contribution is 2.27. The van der Waals surface area contributed by atoms with Gasteiger partial charge in [0.25, 0.3) is 0 Å². The van der Waals surface area contributed by atoms with Crippen molar-refractivity contribution in [1.82, 2.24) is 4.90 Å². The highest BCUT2D eigenvalue weighted by Gasteiger charge is 2.29. The van der Waals surface area contributed by atoms with Crippen LogP contribution >= 0.6 is 12.4 Å². The smallest absolute Gasteiger partial charge is 0.239 e. The summed E-state index contributed by atoms with van der Waals surface area (Å²) in [4.78, 5) is 13.9. The number of carbonyl (C=O) groups is 1. The van der Waals surface area contributed by atoms with E-state index in [0.29, 0.717) is 12.3 Å². The summed E-state index contributed by atoms with van der Waals surface area (Å²) in [7, 11) is 0. The van der Waals surface area contributed by atoms with Crippen LogP contribution in [0.3, 0.4) is 0 Å². The molecular weight excluding hydrogens is 248 g/mol. The van der Waals surface area contributed by atoms with E-state index >= 15 is 0 Å². The van der Waals surface area contributed by atoms with Gasteiger partial charge in [-0.25, -0.2) is 0 Å². The fourth-order valence-electron chi connectivity index (χ4n) is 2.37. The number of halogens is 1. The standard InChI is InChI=1S/C14H20N2O.ClH/c1-2-13(15)14(17)16-9-8-12(10-16)11-6-4-3-5-7-11;/h3-7,12-13H,2,8-10,15H2,1H3;1H/t12?,13-;/m0./s1. The van der Waals surface area contributed by atoms with Gasteiger partial charge in [0.15, 0.2) is 0 Å². The number of likely N-dealkylation sites (tertiary alicyclic amines) is 1. The van der Waals surface area contributed by atoms with Crippen molar-refractivity contribution in [3.8, 4) is 0 Å². The maximum atomic E-state index is 12.0. The zero-order valence-electron chi connectivity index (χ0n) is 10.7. The van der Waals surface area contributed by atoms with Crippen molar-refractivity contribution in [3.63, 3.8) is 0 Å². The summed E-state index contributed by atoms with van der Waals surface area (Å²) >= 11 is 0. The molecule has 0 saturated carbocycles. The molecule has 0 bridgehead atoms. The third-order valence-electron chi connectivity index (χ3n) is 3.53. The number of amides is 1. The Morgan fingerprint density at radius 1 is 1.44 bits per heavy atom. The van der Waals surface area contributed by atoms with Crippen molar-refractivity contribution < 1.29 is 4.79 Å². The molecule has 2 N–H and O–H groups in total. The molecule has 2 atom stereocenters. The van der Waals surface area contributed by atoms with Crippen molar-refractivity contribution in [3.05, 3.63) is 35.9 Å². The molecule has 1 unspecified atom stereocenters. The zero-order chi connectivity index (χ0) is 12.3. The van der Waals surface area contributed by atoms with E-state index in [2.05, 4.69) is 24.3 Å². The van der Waals surface area contributed by atoms with Crippen LogP contribution in [0, 0.1) is 0 Å². The molecule has 4 heteroatoms. The predicted molar refractivity (Wildman–Crippen MR) is 75.9 cm³/mol. The monoisotopic (exact) mass is 268 g/mol. The summed E-state index contributed by atoms with van der Waals surface area (Å²) in [5, 5.41) is 0. The van der Waals surface area contributed by atoms with Crippen LogP contribution in [0.5, 0.6) is 0 Å². The van der Waals surface area contributed by atoms with Crippen LogP contribution in [0.1, 0.15) is 31.2 Å². The number of carbonyl (C=O) groups excluding carboxylic acids is 1. The van der Waals surface area contributed by atoms with Gasteiger partial charge in [0, 0.05) is 19.0 Å². The van der Waals surface area contributed by atoms with Crippen LogP contribution in [0.2, 0.25) is 0 Å². The molecule has 1 aliphatic rings. The molecule has 0 radical (unpaired) electrons. The van der Waals surface area contributed by atoms with Crippen LogP contribution in [0.15, 0.2) is 30.3 Å². The molecular formula is C14H21ClN2O. The first-order valence-corrected chi connectivity index (χ1v) is 6.31. The van der Waals surface area contributed by atoms with E-state index < -0.39 is 0 Å². The molecule has 1 amide bonds. The molecule has 1 aliphatic heterocycles. The van der Waals surface area contributed by atoms with Gasteiger partial charge in [-0.05, 0) is 18.4 Å². The Kier molecular flexibility index (Phi) is 5.63. The first-order valence-electron chi connectivity index (χ1n) is 6.31. The molecule has 1 heterocycles. The highest BCUT2D eigenvalue weighted by molar-refractivity contribution is 5.85. The van der Waals surface area contributed by atoms with E-state index in [9.17, 15) is 4.79 Å². The molecule has 1 fully saturated rings. The van der Waals surface area contributed by atoms with Gasteiger partial charge < -0.3 is 10.6 Å². The summed E-state index contributed by atoms with van der Waals surface area (Å²) in [5.74, 6) is 0.579. The summed E-state index contributed by atoms with van der Waals surface area (Å²) in [6.45, 7) is 3.61. The van der Waals surface area contributed by atoms with Crippen LogP contribution in [0.4, 0.5) is 0 Å². The number of hydrogen-bond acceptors (Lipinski definition) is 2. The minimum absolute atomic E-state index is 0. The third kappa shape index (κ3) is 3.24. The summed E-state index contributed by atoms with van der Waals surface area (Å²) in [5.41, 5.74) is 7.12. The van der Waals surface area contributed by atoms with Gasteiger partial charge in [0.05, 0.1) is 6.04 Å². The van der Waals surface area contributed by atoms with E-state index in [1.807, 2.05) is 17.9 Å². The van der Waals surface area contributed by atoms with E-state index in [4.69, 9.17) is 5.73 Å². The fraction of sp³-hybridized carbons (Fsp3) is 0.500. The number of rotatable bonds is 3. The van der Waals surface area contributed by atoms with Crippen molar-refractivity contribution in [2.24, 2.45) is 5.73 Å². The van der Waals surface area contributed by atoms with Gasteiger partial charge in [-0.2, -0.15) is 0 Å². The van der Waals surface area contributed by atoms with Crippen LogP contribution in [-0.4, -0.2) is 29.9 Å². The average Bonchev–Trinajstić information content (AvgIpc) is 2.87. The van der Waals surface area contributed by atoms with Crippen molar-refractivity contribution in [2.45, 2.75) is 31.7 Å². The second-order valence-electron chi connectivity index (χ2n) is 4.70. The molecule has 3 nitrogen and oxygen atoms in total. The molecule has 1 aromatic rings. The van der Waals surface area contributed by atoms with Gasteiger partial charge in [-0.15, -0.1) is 12.4 Å². The maximum absolute atomic E-state index is 12.0.